The molecule has 0 atom stereocenters. The monoisotopic (exact) mass is 474 g/mol. The molecule has 0 fully saturated rings. The van der Waals surface area contributed by atoms with E-state index >= 15 is 0 Å². The van der Waals surface area contributed by atoms with Crippen molar-refractivity contribution in [3.63, 3.8) is 0 Å². The van der Waals surface area contributed by atoms with E-state index in [4.69, 9.17) is 14.0 Å². The van der Waals surface area contributed by atoms with Gasteiger partial charge in [-0.15, -0.1) is 0 Å². The molecule has 4 rings (SSSR count). The van der Waals surface area contributed by atoms with Crippen LogP contribution in [0.15, 0.2) is 57.9 Å². The standard InChI is InChI=1S/C26H26N4O5/c1-16-20(17(2)35-29-16)15-34-22-11-9-18(13-23(22)33-4)10-12-25(31)30(3)14-24-27-21-8-6-5-7-19(21)26(32)28-24/h5-13H,14-15H2,1-4H3,(H,27,28,32)/b12-10+. The molecule has 0 aliphatic rings. The number of carbonyl (C=O) groups excluding carboxylic acids is 1. The van der Waals surface area contributed by atoms with Crippen molar-refractivity contribution >= 4 is 22.9 Å². The van der Waals surface area contributed by atoms with Gasteiger partial charge in [-0.05, 0) is 49.8 Å². The molecule has 35 heavy (non-hydrogen) atoms. The van der Waals surface area contributed by atoms with Gasteiger partial charge in [0, 0.05) is 13.1 Å². The van der Waals surface area contributed by atoms with Crippen molar-refractivity contribution in [1.82, 2.24) is 20.0 Å². The molecule has 9 heteroatoms. The molecule has 0 radical (unpaired) electrons. The van der Waals surface area contributed by atoms with Crippen molar-refractivity contribution in [2.75, 3.05) is 14.2 Å². The number of H-pyrrole nitrogens is 1. The van der Waals surface area contributed by atoms with Crippen LogP contribution in [0.1, 0.15) is 28.4 Å². The summed E-state index contributed by atoms with van der Waals surface area (Å²) in [6.07, 6.45) is 3.15. The number of hydrogen-bond donors (Lipinski definition) is 1. The molecule has 2 heterocycles. The number of nitrogens with one attached hydrogen (secondary N) is 1. The van der Waals surface area contributed by atoms with Gasteiger partial charge in [0.05, 0.1) is 35.8 Å². The van der Waals surface area contributed by atoms with Crippen molar-refractivity contribution in [2.24, 2.45) is 0 Å². The quantitative estimate of drug-likeness (QED) is 0.387. The van der Waals surface area contributed by atoms with Gasteiger partial charge in [-0.25, -0.2) is 4.98 Å². The number of aromatic amines is 1. The molecule has 0 unspecified atom stereocenters. The van der Waals surface area contributed by atoms with Crippen molar-refractivity contribution in [3.8, 4) is 11.5 Å². The lowest BCUT2D eigenvalue weighted by atomic mass is 10.1. The van der Waals surface area contributed by atoms with E-state index in [1.807, 2.05) is 26.0 Å². The highest BCUT2D eigenvalue weighted by Crippen LogP contribution is 2.30. The van der Waals surface area contributed by atoms with Gasteiger partial charge in [0.15, 0.2) is 11.5 Å². The lowest BCUT2D eigenvalue weighted by molar-refractivity contribution is -0.125. The molecular weight excluding hydrogens is 448 g/mol. The minimum absolute atomic E-state index is 0.168. The average molecular weight is 475 g/mol. The minimum Gasteiger partial charge on any atom is -0.493 e. The molecule has 0 aliphatic heterocycles. The first-order valence-electron chi connectivity index (χ1n) is 11.0. The zero-order valence-corrected chi connectivity index (χ0v) is 20.0. The van der Waals surface area contributed by atoms with E-state index in [1.54, 1.807) is 50.6 Å². The number of para-hydroxylation sites is 1. The van der Waals surface area contributed by atoms with Gasteiger partial charge in [-0.1, -0.05) is 23.4 Å². The summed E-state index contributed by atoms with van der Waals surface area (Å²) in [6, 6.07) is 12.5. The Morgan fingerprint density at radius 1 is 1.17 bits per heavy atom. The summed E-state index contributed by atoms with van der Waals surface area (Å²) in [7, 11) is 3.20. The number of likely N-dealkylation sites (N-methyl/N-ethyl adjacent to an activating group) is 1. The minimum atomic E-state index is -0.237. The van der Waals surface area contributed by atoms with Crippen LogP contribution in [0, 0.1) is 13.8 Å². The Morgan fingerprint density at radius 3 is 2.71 bits per heavy atom. The molecule has 0 saturated heterocycles. The first-order valence-corrected chi connectivity index (χ1v) is 11.0. The Labute approximate surface area is 202 Å². The molecule has 1 N–H and O–H groups in total. The highest BCUT2D eigenvalue weighted by Gasteiger charge is 2.13. The summed E-state index contributed by atoms with van der Waals surface area (Å²) in [5.74, 6) is 2.00. The molecule has 2 aromatic carbocycles. The summed E-state index contributed by atoms with van der Waals surface area (Å²) in [5, 5.41) is 4.44. The van der Waals surface area contributed by atoms with Crippen LogP contribution in [0.25, 0.3) is 17.0 Å². The fourth-order valence-corrected chi connectivity index (χ4v) is 3.57. The van der Waals surface area contributed by atoms with Crippen molar-refractivity contribution < 1.29 is 18.8 Å². The summed E-state index contributed by atoms with van der Waals surface area (Å²) in [4.78, 5) is 33.5. The van der Waals surface area contributed by atoms with Gasteiger partial charge in [0.2, 0.25) is 5.91 Å². The van der Waals surface area contributed by atoms with Gasteiger partial charge >= 0.3 is 0 Å². The number of carbonyl (C=O) groups is 1. The molecule has 2 aromatic heterocycles. The Morgan fingerprint density at radius 2 is 1.97 bits per heavy atom. The first kappa shape index (κ1) is 23.7. The van der Waals surface area contributed by atoms with Crippen LogP contribution in [0.2, 0.25) is 0 Å². The second kappa shape index (κ2) is 10.3. The fourth-order valence-electron chi connectivity index (χ4n) is 3.57. The molecule has 4 aromatic rings. The molecule has 9 nitrogen and oxygen atoms in total. The number of methoxy groups -OCH3 is 1. The maximum Gasteiger partial charge on any atom is 0.258 e. The van der Waals surface area contributed by atoms with Gasteiger partial charge in [-0.2, -0.15) is 0 Å². The summed E-state index contributed by atoms with van der Waals surface area (Å²) in [6.45, 7) is 4.18. The van der Waals surface area contributed by atoms with Crippen molar-refractivity contribution in [3.05, 3.63) is 87.3 Å². The summed E-state index contributed by atoms with van der Waals surface area (Å²) in [5.41, 5.74) is 2.81. The summed E-state index contributed by atoms with van der Waals surface area (Å²) < 4.78 is 16.5. The predicted molar refractivity (Wildman–Crippen MR) is 131 cm³/mol. The number of nitrogens with zero attached hydrogens (tertiary/aromatic N) is 3. The molecule has 0 spiro atoms. The van der Waals surface area contributed by atoms with Crippen LogP contribution in [0.5, 0.6) is 11.5 Å². The Kier molecular flexibility index (Phi) is 6.96. The zero-order valence-electron chi connectivity index (χ0n) is 20.0. The van der Waals surface area contributed by atoms with Crippen LogP contribution in [-0.4, -0.2) is 40.1 Å². The van der Waals surface area contributed by atoms with Crippen LogP contribution in [0.4, 0.5) is 0 Å². The number of aromatic nitrogens is 3. The van der Waals surface area contributed by atoms with Crippen LogP contribution in [-0.2, 0) is 17.9 Å². The highest BCUT2D eigenvalue weighted by atomic mass is 16.5. The van der Waals surface area contributed by atoms with E-state index in [0.29, 0.717) is 40.6 Å². The molecule has 0 bridgehead atoms. The number of ether oxygens (including phenoxy) is 2. The maximum atomic E-state index is 12.6. The van der Waals surface area contributed by atoms with Gasteiger partial charge in [-0.3, -0.25) is 9.59 Å². The lowest BCUT2D eigenvalue weighted by Crippen LogP contribution is -2.26. The second-order valence-corrected chi connectivity index (χ2v) is 8.06. The predicted octanol–water partition coefficient (Wildman–Crippen LogP) is 3.79. The van der Waals surface area contributed by atoms with E-state index in [9.17, 15) is 9.59 Å². The smallest absolute Gasteiger partial charge is 0.258 e. The normalized spacial score (nSPS) is 11.2. The van der Waals surface area contributed by atoms with Crippen LogP contribution >= 0.6 is 0 Å². The average Bonchev–Trinajstić information content (AvgIpc) is 3.18. The maximum absolute atomic E-state index is 12.6. The second-order valence-electron chi connectivity index (χ2n) is 8.06. The fraction of sp³-hybridized carbons (Fsp3) is 0.231. The van der Waals surface area contributed by atoms with E-state index in [-0.39, 0.29) is 18.0 Å². The number of rotatable bonds is 8. The van der Waals surface area contributed by atoms with E-state index in [1.165, 1.54) is 11.0 Å². The van der Waals surface area contributed by atoms with Gasteiger partial charge in [0.25, 0.3) is 5.56 Å². The third kappa shape index (κ3) is 5.40. The lowest BCUT2D eigenvalue weighted by Gasteiger charge is -2.14. The number of benzene rings is 2. The number of amides is 1. The highest BCUT2D eigenvalue weighted by molar-refractivity contribution is 5.91. The Balaban J connectivity index is 1.42. The van der Waals surface area contributed by atoms with Crippen molar-refractivity contribution in [2.45, 2.75) is 27.0 Å². The zero-order chi connectivity index (χ0) is 24.9. The first-order chi connectivity index (χ1) is 16.9. The largest absolute Gasteiger partial charge is 0.493 e. The van der Waals surface area contributed by atoms with Gasteiger partial charge in [0.1, 0.15) is 18.2 Å². The molecule has 180 valence electrons. The third-order valence-electron chi connectivity index (χ3n) is 5.58. The molecule has 1 amide bonds. The van der Waals surface area contributed by atoms with Gasteiger partial charge < -0.3 is 23.9 Å². The summed E-state index contributed by atoms with van der Waals surface area (Å²) >= 11 is 0. The number of hydrogen-bond acceptors (Lipinski definition) is 7. The van der Waals surface area contributed by atoms with Crippen molar-refractivity contribution in [1.29, 1.82) is 0 Å². The number of fused-ring (bicyclic) bond motifs is 1. The van der Waals surface area contributed by atoms with E-state index in [2.05, 4.69) is 15.1 Å². The van der Waals surface area contributed by atoms with E-state index in [0.717, 1.165) is 16.8 Å². The topological polar surface area (TPSA) is 111 Å². The Bertz CT molecular complexity index is 1430. The molecular formula is C26H26N4O5. The van der Waals surface area contributed by atoms with Crippen LogP contribution < -0.4 is 15.0 Å². The SMILES string of the molecule is COc1cc(/C=C/C(=O)N(C)Cc2nc3ccccc3c(=O)[nH]2)ccc1OCc1c(C)noc1C. The Hall–Kier alpha value is -4.40. The van der Waals surface area contributed by atoms with Crippen LogP contribution in [0.3, 0.4) is 0 Å². The third-order valence-corrected chi connectivity index (χ3v) is 5.58. The number of aryl methyl sites for hydroxylation is 2. The molecule has 0 aliphatic carbocycles. The van der Waals surface area contributed by atoms with E-state index < -0.39 is 0 Å². The molecule has 0 saturated carbocycles.